The second-order valence-corrected chi connectivity index (χ2v) is 2.58. The summed E-state index contributed by atoms with van der Waals surface area (Å²) in [6.45, 7) is 3.58. The average Bonchev–Trinajstić information content (AvgIpc) is 1.96. The fraction of sp³-hybridized carbons (Fsp3) is 0.625. The van der Waals surface area contributed by atoms with E-state index in [1.165, 1.54) is 0 Å². The number of carboxylic acids is 2. The summed E-state index contributed by atoms with van der Waals surface area (Å²) in [5.41, 5.74) is 0. The maximum Gasteiger partial charge on any atom is 0.317 e. The molecule has 0 aromatic rings. The van der Waals surface area contributed by atoms with Gasteiger partial charge in [-0.1, -0.05) is 26.2 Å². The quantitative estimate of drug-likeness (QED) is 0.467. The van der Waals surface area contributed by atoms with Crippen molar-refractivity contribution >= 4 is 11.9 Å². The first-order valence-corrected chi connectivity index (χ1v) is 3.84. The van der Waals surface area contributed by atoms with E-state index in [1.54, 1.807) is 0 Å². The number of carbonyl (C=O) groups is 2. The van der Waals surface area contributed by atoms with Gasteiger partial charge in [0.15, 0.2) is 5.92 Å². The molecule has 0 aromatic carbocycles. The third kappa shape index (κ3) is 3.95. The van der Waals surface area contributed by atoms with E-state index >= 15 is 0 Å². The monoisotopic (exact) mass is 173 g/mol. The molecule has 0 aromatic heterocycles. The number of rotatable bonds is 6. The molecule has 0 fully saturated rings. The molecule has 1 radical (unpaired) electrons. The van der Waals surface area contributed by atoms with Crippen LogP contribution in [0, 0.1) is 12.8 Å². The summed E-state index contributed by atoms with van der Waals surface area (Å²) in [6, 6.07) is 0. The summed E-state index contributed by atoms with van der Waals surface area (Å²) in [4.78, 5) is 20.7. The van der Waals surface area contributed by atoms with Gasteiger partial charge in [0.1, 0.15) is 0 Å². The molecule has 0 saturated heterocycles. The van der Waals surface area contributed by atoms with E-state index in [2.05, 4.69) is 6.92 Å². The van der Waals surface area contributed by atoms with E-state index in [-0.39, 0.29) is 6.42 Å². The van der Waals surface area contributed by atoms with Gasteiger partial charge < -0.3 is 10.2 Å². The summed E-state index contributed by atoms with van der Waals surface area (Å²) in [5.74, 6) is -3.77. The van der Waals surface area contributed by atoms with Gasteiger partial charge in [0.25, 0.3) is 0 Å². The minimum absolute atomic E-state index is 0.195. The number of hydrogen-bond acceptors (Lipinski definition) is 2. The third-order valence-electron chi connectivity index (χ3n) is 1.59. The highest BCUT2D eigenvalue weighted by molar-refractivity contribution is 5.92. The molecule has 0 rings (SSSR count). The Morgan fingerprint density at radius 3 is 2.00 bits per heavy atom. The first kappa shape index (κ1) is 10.9. The summed E-state index contributed by atoms with van der Waals surface area (Å²) >= 11 is 0. The van der Waals surface area contributed by atoms with Crippen LogP contribution in [0.2, 0.25) is 0 Å². The van der Waals surface area contributed by atoms with Crippen LogP contribution in [0.25, 0.3) is 0 Å². The lowest BCUT2D eigenvalue weighted by Crippen LogP contribution is -2.23. The van der Waals surface area contributed by atoms with E-state index in [9.17, 15) is 9.59 Å². The Balaban J connectivity index is 3.80. The molecule has 4 heteroatoms. The molecule has 0 saturated carbocycles. The first-order valence-electron chi connectivity index (χ1n) is 3.84. The predicted octanol–water partition coefficient (Wildman–Crippen LogP) is 1.17. The minimum atomic E-state index is -1.26. The van der Waals surface area contributed by atoms with Gasteiger partial charge in [-0.2, -0.15) is 0 Å². The van der Waals surface area contributed by atoms with Gasteiger partial charge in [0, 0.05) is 0 Å². The minimum Gasteiger partial charge on any atom is -0.481 e. The lowest BCUT2D eigenvalue weighted by molar-refractivity contribution is -0.154. The maximum absolute atomic E-state index is 10.3. The van der Waals surface area contributed by atoms with Crippen LogP contribution < -0.4 is 0 Å². The van der Waals surface area contributed by atoms with Crippen LogP contribution in [0.4, 0.5) is 0 Å². The normalized spacial score (nSPS) is 10.2. The van der Waals surface area contributed by atoms with Gasteiger partial charge in [0.2, 0.25) is 0 Å². The van der Waals surface area contributed by atoms with Crippen LogP contribution in [0.1, 0.15) is 25.7 Å². The van der Waals surface area contributed by atoms with Crippen LogP contribution >= 0.6 is 0 Å². The predicted molar refractivity (Wildman–Crippen MR) is 42.6 cm³/mol. The summed E-state index contributed by atoms with van der Waals surface area (Å²) in [6.07, 6.45) is 2.29. The zero-order valence-electron chi connectivity index (χ0n) is 6.82. The average molecular weight is 173 g/mol. The molecule has 2 N–H and O–H groups in total. The largest absolute Gasteiger partial charge is 0.481 e. The molecule has 0 aliphatic carbocycles. The molecule has 69 valence electrons. The lowest BCUT2D eigenvalue weighted by Gasteiger charge is -2.05. The van der Waals surface area contributed by atoms with Crippen molar-refractivity contribution < 1.29 is 19.8 Å². The third-order valence-corrected chi connectivity index (χ3v) is 1.59. The van der Waals surface area contributed by atoms with Crippen molar-refractivity contribution in [2.75, 3.05) is 0 Å². The van der Waals surface area contributed by atoms with Gasteiger partial charge >= 0.3 is 11.9 Å². The molecule has 0 heterocycles. The second-order valence-electron chi connectivity index (χ2n) is 2.58. The zero-order valence-corrected chi connectivity index (χ0v) is 6.82. The Morgan fingerprint density at radius 1 is 1.17 bits per heavy atom. The molecule has 0 atom stereocenters. The van der Waals surface area contributed by atoms with E-state index in [0.717, 1.165) is 6.42 Å². The second kappa shape index (κ2) is 5.57. The molecular weight excluding hydrogens is 160 g/mol. The van der Waals surface area contributed by atoms with Crippen molar-refractivity contribution in [1.82, 2.24) is 0 Å². The van der Waals surface area contributed by atoms with Crippen molar-refractivity contribution in [3.05, 3.63) is 6.92 Å². The first-order chi connectivity index (χ1) is 5.59. The SMILES string of the molecule is [CH2]CCCCC(C(=O)O)C(=O)O. The van der Waals surface area contributed by atoms with Crippen molar-refractivity contribution in [3.8, 4) is 0 Å². The summed E-state index contributed by atoms with van der Waals surface area (Å²) < 4.78 is 0. The van der Waals surface area contributed by atoms with Gasteiger partial charge in [-0.05, 0) is 6.42 Å². The highest BCUT2D eigenvalue weighted by Gasteiger charge is 2.24. The van der Waals surface area contributed by atoms with Crippen molar-refractivity contribution in [3.63, 3.8) is 0 Å². The van der Waals surface area contributed by atoms with Gasteiger partial charge in [-0.25, -0.2) is 0 Å². The Hall–Kier alpha value is -1.06. The molecule has 12 heavy (non-hydrogen) atoms. The molecule has 0 aliphatic heterocycles. The molecule has 0 bridgehead atoms. The number of aliphatic carboxylic acids is 2. The van der Waals surface area contributed by atoms with Gasteiger partial charge in [-0.3, -0.25) is 9.59 Å². The number of hydrogen-bond donors (Lipinski definition) is 2. The Morgan fingerprint density at radius 2 is 1.67 bits per heavy atom. The smallest absolute Gasteiger partial charge is 0.317 e. The Bertz CT molecular complexity index is 150. The van der Waals surface area contributed by atoms with Gasteiger partial charge in [-0.15, -0.1) is 0 Å². The van der Waals surface area contributed by atoms with Crippen LogP contribution in [0.15, 0.2) is 0 Å². The fourth-order valence-electron chi connectivity index (χ4n) is 0.878. The van der Waals surface area contributed by atoms with Crippen LogP contribution in [0.5, 0.6) is 0 Å². The lowest BCUT2D eigenvalue weighted by atomic mass is 10.0. The van der Waals surface area contributed by atoms with E-state index in [4.69, 9.17) is 10.2 Å². The summed E-state index contributed by atoms with van der Waals surface area (Å²) in [7, 11) is 0. The van der Waals surface area contributed by atoms with Crippen molar-refractivity contribution in [2.24, 2.45) is 5.92 Å². The van der Waals surface area contributed by atoms with Crippen LogP contribution in [0.3, 0.4) is 0 Å². The van der Waals surface area contributed by atoms with Crippen LogP contribution in [-0.4, -0.2) is 22.2 Å². The standard InChI is InChI=1S/C8H13O4/c1-2-3-4-5-6(7(9)10)8(11)12/h6H,1-5H2,(H,9,10)(H,11,12). The van der Waals surface area contributed by atoms with E-state index in [1.807, 2.05) is 0 Å². The summed E-state index contributed by atoms with van der Waals surface area (Å²) in [5, 5.41) is 16.9. The highest BCUT2D eigenvalue weighted by atomic mass is 16.4. The highest BCUT2D eigenvalue weighted by Crippen LogP contribution is 2.10. The Kier molecular flexibility index (Phi) is 5.08. The molecule has 4 nitrogen and oxygen atoms in total. The molecular formula is C8H13O4. The molecule has 0 spiro atoms. The van der Waals surface area contributed by atoms with Crippen molar-refractivity contribution in [2.45, 2.75) is 25.7 Å². The van der Waals surface area contributed by atoms with E-state index < -0.39 is 17.9 Å². The number of carboxylic acid groups (broad SMARTS) is 2. The molecule has 0 aliphatic rings. The fourth-order valence-corrected chi connectivity index (χ4v) is 0.878. The Labute approximate surface area is 71.2 Å². The maximum atomic E-state index is 10.3. The van der Waals surface area contributed by atoms with Gasteiger partial charge in [0.05, 0.1) is 0 Å². The topological polar surface area (TPSA) is 74.6 Å². The van der Waals surface area contributed by atoms with E-state index in [0.29, 0.717) is 12.8 Å². The van der Waals surface area contributed by atoms with Crippen LogP contribution in [-0.2, 0) is 9.59 Å². The zero-order chi connectivity index (χ0) is 9.56. The van der Waals surface area contributed by atoms with Crippen molar-refractivity contribution in [1.29, 1.82) is 0 Å². The molecule has 0 unspecified atom stereocenters. The molecule has 0 amide bonds. The number of unbranched alkanes of at least 4 members (excludes halogenated alkanes) is 2.